The first-order valence-electron chi connectivity index (χ1n) is 6.74. The number of sulfone groups is 1. The van der Waals surface area contributed by atoms with Crippen molar-refractivity contribution in [1.82, 2.24) is 5.32 Å². The van der Waals surface area contributed by atoms with Crippen LogP contribution in [-0.4, -0.2) is 26.5 Å². The molecule has 0 spiro atoms. The van der Waals surface area contributed by atoms with Crippen LogP contribution in [0.1, 0.15) is 25.5 Å². The number of hydrogen-bond acceptors (Lipinski definition) is 3. The molecule has 3 nitrogen and oxygen atoms in total. The van der Waals surface area contributed by atoms with Gasteiger partial charge in [-0.15, -0.1) is 0 Å². The van der Waals surface area contributed by atoms with Crippen LogP contribution >= 0.6 is 11.6 Å². The highest BCUT2D eigenvalue weighted by Gasteiger charge is 2.39. The van der Waals surface area contributed by atoms with Gasteiger partial charge >= 0.3 is 0 Å². The van der Waals surface area contributed by atoms with Gasteiger partial charge in [0.25, 0.3) is 0 Å². The number of halogens is 1. The molecule has 1 unspecified atom stereocenters. The molecule has 0 radical (unpaired) electrons. The van der Waals surface area contributed by atoms with Gasteiger partial charge in [0.2, 0.25) is 0 Å². The Morgan fingerprint density at radius 2 is 1.67 bits per heavy atom. The van der Waals surface area contributed by atoms with E-state index in [-0.39, 0.29) is 6.04 Å². The van der Waals surface area contributed by atoms with E-state index in [9.17, 15) is 8.42 Å². The van der Waals surface area contributed by atoms with Gasteiger partial charge < -0.3 is 5.32 Å². The Morgan fingerprint density at radius 1 is 1.10 bits per heavy atom. The average Bonchev–Trinajstić information content (AvgIpc) is 2.41. The lowest BCUT2D eigenvalue weighted by molar-refractivity contribution is 0.448. The van der Waals surface area contributed by atoms with Crippen molar-refractivity contribution in [3.8, 4) is 0 Å². The number of hydrogen-bond donors (Lipinski definition) is 1. The van der Waals surface area contributed by atoms with Crippen LogP contribution < -0.4 is 5.32 Å². The quantitative estimate of drug-likeness (QED) is 0.934. The third-order valence-corrected chi connectivity index (χ3v) is 6.63. The van der Waals surface area contributed by atoms with Crippen LogP contribution in [0.2, 0.25) is 5.02 Å². The summed E-state index contributed by atoms with van der Waals surface area (Å²) in [6, 6.07) is 11.2. The summed E-state index contributed by atoms with van der Waals surface area (Å²) < 4.78 is 23.4. The van der Waals surface area contributed by atoms with Crippen LogP contribution in [0.15, 0.2) is 36.4 Å². The Labute approximate surface area is 131 Å². The standard InChI is InChI=1S/C16H20ClNO2S/c1-16(2,21(4,19)20)15(18-3)13-9-10-14(17)12-8-6-5-7-11(12)13/h5-10,15,18H,1-4H3. The second kappa shape index (κ2) is 5.59. The van der Waals surface area contributed by atoms with Crippen LogP contribution in [-0.2, 0) is 9.84 Å². The Balaban J connectivity index is 2.73. The zero-order chi connectivity index (χ0) is 15.8. The number of nitrogens with one attached hydrogen (secondary N) is 1. The molecule has 0 aliphatic heterocycles. The Kier molecular flexibility index (Phi) is 4.34. The predicted octanol–water partition coefficient (Wildman–Crippen LogP) is 3.58. The SMILES string of the molecule is CNC(c1ccc(Cl)c2ccccc12)C(C)(C)S(C)(=O)=O. The van der Waals surface area contributed by atoms with Crippen molar-refractivity contribution < 1.29 is 8.42 Å². The van der Waals surface area contributed by atoms with E-state index < -0.39 is 14.6 Å². The molecule has 0 bridgehead atoms. The fourth-order valence-electron chi connectivity index (χ4n) is 2.63. The fourth-order valence-corrected chi connectivity index (χ4v) is 3.53. The van der Waals surface area contributed by atoms with E-state index in [1.54, 1.807) is 20.9 Å². The van der Waals surface area contributed by atoms with Crippen molar-refractivity contribution in [1.29, 1.82) is 0 Å². The number of rotatable bonds is 4. The molecule has 5 heteroatoms. The summed E-state index contributed by atoms with van der Waals surface area (Å²) in [5, 5.41) is 5.73. The first kappa shape index (κ1) is 16.3. The van der Waals surface area contributed by atoms with Crippen LogP contribution in [0.4, 0.5) is 0 Å². The molecule has 114 valence electrons. The molecule has 2 aromatic carbocycles. The zero-order valence-electron chi connectivity index (χ0n) is 12.6. The molecular formula is C16H20ClNO2S. The zero-order valence-corrected chi connectivity index (χ0v) is 14.2. The predicted molar refractivity (Wildman–Crippen MR) is 89.7 cm³/mol. The average molecular weight is 326 g/mol. The van der Waals surface area contributed by atoms with Gasteiger partial charge in [0, 0.05) is 16.7 Å². The maximum absolute atomic E-state index is 12.2. The summed E-state index contributed by atoms with van der Waals surface area (Å²) in [5.41, 5.74) is 0.938. The minimum absolute atomic E-state index is 0.324. The second-order valence-electron chi connectivity index (χ2n) is 5.78. The van der Waals surface area contributed by atoms with Crippen LogP contribution in [0.3, 0.4) is 0 Å². The van der Waals surface area contributed by atoms with Crippen molar-refractivity contribution in [2.75, 3.05) is 13.3 Å². The van der Waals surface area contributed by atoms with Crippen molar-refractivity contribution in [3.63, 3.8) is 0 Å². The van der Waals surface area contributed by atoms with Crippen LogP contribution in [0, 0.1) is 0 Å². The van der Waals surface area contributed by atoms with Gasteiger partial charge in [-0.3, -0.25) is 0 Å². The largest absolute Gasteiger partial charge is 0.312 e. The minimum Gasteiger partial charge on any atom is -0.312 e. The highest BCUT2D eigenvalue weighted by atomic mass is 35.5. The van der Waals surface area contributed by atoms with Crippen molar-refractivity contribution in [3.05, 3.63) is 47.0 Å². The first-order valence-corrected chi connectivity index (χ1v) is 9.01. The van der Waals surface area contributed by atoms with Crippen LogP contribution in [0.5, 0.6) is 0 Å². The van der Waals surface area contributed by atoms with Gasteiger partial charge in [-0.05, 0) is 37.9 Å². The topological polar surface area (TPSA) is 46.2 Å². The number of benzene rings is 2. The lowest BCUT2D eigenvalue weighted by Crippen LogP contribution is -2.43. The third-order valence-electron chi connectivity index (χ3n) is 4.16. The van der Waals surface area contributed by atoms with E-state index in [0.29, 0.717) is 5.02 Å². The monoisotopic (exact) mass is 325 g/mol. The molecule has 0 fully saturated rings. The van der Waals surface area contributed by atoms with Gasteiger partial charge in [0.1, 0.15) is 0 Å². The molecule has 0 saturated heterocycles. The van der Waals surface area contributed by atoms with Crippen molar-refractivity contribution >= 4 is 32.2 Å². The van der Waals surface area contributed by atoms with Crippen molar-refractivity contribution in [2.45, 2.75) is 24.6 Å². The molecule has 0 aliphatic carbocycles. The van der Waals surface area contributed by atoms with E-state index in [1.165, 1.54) is 6.26 Å². The molecule has 21 heavy (non-hydrogen) atoms. The summed E-state index contributed by atoms with van der Waals surface area (Å²) in [6.07, 6.45) is 1.27. The maximum atomic E-state index is 12.2. The van der Waals surface area contributed by atoms with E-state index >= 15 is 0 Å². The molecule has 0 amide bonds. The number of fused-ring (bicyclic) bond motifs is 1. The Hall–Kier alpha value is -1.10. The molecule has 1 N–H and O–H groups in total. The van der Waals surface area contributed by atoms with Gasteiger partial charge in [-0.25, -0.2) is 8.42 Å². The minimum atomic E-state index is -3.24. The first-order chi connectivity index (χ1) is 9.70. The van der Waals surface area contributed by atoms with E-state index in [2.05, 4.69) is 5.32 Å². The maximum Gasteiger partial charge on any atom is 0.154 e. The molecule has 0 aromatic heterocycles. The van der Waals surface area contributed by atoms with Gasteiger partial charge in [0.05, 0.1) is 10.8 Å². The van der Waals surface area contributed by atoms with Gasteiger partial charge in [0.15, 0.2) is 9.84 Å². The molecule has 0 aliphatic rings. The van der Waals surface area contributed by atoms with E-state index in [1.807, 2.05) is 36.4 Å². The smallest absolute Gasteiger partial charge is 0.154 e. The summed E-state index contributed by atoms with van der Waals surface area (Å²) in [4.78, 5) is 0. The highest BCUT2D eigenvalue weighted by molar-refractivity contribution is 7.92. The molecule has 2 aromatic rings. The van der Waals surface area contributed by atoms with Gasteiger partial charge in [-0.1, -0.05) is 41.9 Å². The van der Waals surface area contributed by atoms with Crippen molar-refractivity contribution in [2.24, 2.45) is 0 Å². The van der Waals surface area contributed by atoms with E-state index in [0.717, 1.165) is 16.3 Å². The molecule has 1 atom stereocenters. The third kappa shape index (κ3) is 2.80. The lowest BCUT2D eigenvalue weighted by atomic mass is 9.91. The van der Waals surface area contributed by atoms with E-state index in [4.69, 9.17) is 11.6 Å². The molecule has 0 heterocycles. The molecule has 2 rings (SSSR count). The Morgan fingerprint density at radius 3 is 2.19 bits per heavy atom. The summed E-state index contributed by atoms with van der Waals surface area (Å²) in [6.45, 7) is 3.49. The second-order valence-corrected chi connectivity index (χ2v) is 8.78. The van der Waals surface area contributed by atoms with Crippen LogP contribution in [0.25, 0.3) is 10.8 Å². The normalized spacial score (nSPS) is 14.3. The summed E-state index contributed by atoms with van der Waals surface area (Å²) in [5.74, 6) is 0. The summed E-state index contributed by atoms with van der Waals surface area (Å²) in [7, 11) is -1.46. The Bertz CT molecular complexity index is 769. The highest BCUT2D eigenvalue weighted by Crippen LogP contribution is 2.37. The fraction of sp³-hybridized carbons (Fsp3) is 0.375. The molecule has 0 saturated carbocycles. The lowest BCUT2D eigenvalue weighted by Gasteiger charge is -2.33. The van der Waals surface area contributed by atoms with Gasteiger partial charge in [-0.2, -0.15) is 0 Å². The summed E-state index contributed by atoms with van der Waals surface area (Å²) >= 11 is 6.24. The molecular weight excluding hydrogens is 306 g/mol.